The fourth-order valence-electron chi connectivity index (χ4n) is 2.37. The maximum Gasteiger partial charge on any atom is 0.112 e. The summed E-state index contributed by atoms with van der Waals surface area (Å²) >= 11 is 0. The van der Waals surface area contributed by atoms with E-state index in [0.717, 1.165) is 19.3 Å². The van der Waals surface area contributed by atoms with Gasteiger partial charge < -0.3 is 4.98 Å². The molecule has 0 unspecified atom stereocenters. The smallest absolute Gasteiger partial charge is 0.112 e. The zero-order valence-electron chi connectivity index (χ0n) is 14.1. The molecule has 1 aromatic rings. The van der Waals surface area contributed by atoms with Crippen LogP contribution in [0.5, 0.6) is 0 Å². The van der Waals surface area contributed by atoms with E-state index in [4.69, 9.17) is 4.98 Å². The normalized spacial score (nSPS) is 13.3. The van der Waals surface area contributed by atoms with E-state index in [1.165, 1.54) is 17.2 Å². The van der Waals surface area contributed by atoms with Crippen molar-refractivity contribution in [2.24, 2.45) is 0 Å². The van der Waals surface area contributed by atoms with Crippen molar-refractivity contribution in [1.29, 1.82) is 0 Å². The van der Waals surface area contributed by atoms with Crippen molar-refractivity contribution in [1.82, 2.24) is 9.97 Å². The zero-order chi connectivity index (χ0) is 14.8. The van der Waals surface area contributed by atoms with Crippen molar-refractivity contribution in [3.63, 3.8) is 0 Å². The fraction of sp³-hybridized carbons (Fsp3) is 0.824. The second-order valence-corrected chi connectivity index (χ2v) is 7.01. The molecule has 0 aliphatic carbocycles. The Labute approximate surface area is 119 Å². The molecule has 0 saturated carbocycles. The summed E-state index contributed by atoms with van der Waals surface area (Å²) in [4.78, 5) is 8.67. The van der Waals surface area contributed by atoms with Crippen molar-refractivity contribution in [3.8, 4) is 0 Å². The van der Waals surface area contributed by atoms with E-state index in [1.807, 2.05) is 0 Å². The van der Waals surface area contributed by atoms with Crippen LogP contribution < -0.4 is 0 Å². The van der Waals surface area contributed by atoms with Gasteiger partial charge in [-0.05, 0) is 25.2 Å². The lowest BCUT2D eigenvalue weighted by atomic mass is 9.83. The van der Waals surface area contributed by atoms with E-state index in [2.05, 4.69) is 60.4 Å². The number of rotatable bonds is 6. The minimum Gasteiger partial charge on any atom is -0.345 e. The molecule has 1 N–H and O–H groups in total. The maximum absolute atomic E-state index is 4.98. The van der Waals surface area contributed by atoms with Crippen LogP contribution in [0.2, 0.25) is 0 Å². The first-order chi connectivity index (χ1) is 8.71. The third-order valence-electron chi connectivity index (χ3n) is 4.97. The monoisotopic (exact) mass is 264 g/mol. The molecule has 2 heteroatoms. The van der Waals surface area contributed by atoms with Crippen molar-refractivity contribution in [3.05, 3.63) is 17.2 Å². The Bertz CT molecular complexity index is 409. The average molecular weight is 264 g/mol. The third-order valence-corrected chi connectivity index (χ3v) is 4.97. The van der Waals surface area contributed by atoms with Crippen LogP contribution in [0.3, 0.4) is 0 Å². The van der Waals surface area contributed by atoms with Crippen LogP contribution in [0, 0.1) is 0 Å². The molecule has 1 heterocycles. The minimum absolute atomic E-state index is 0.172. The lowest BCUT2D eigenvalue weighted by molar-refractivity contribution is 0.411. The Morgan fingerprint density at radius 3 is 1.89 bits per heavy atom. The lowest BCUT2D eigenvalue weighted by Gasteiger charge is -2.25. The minimum atomic E-state index is 0.172. The van der Waals surface area contributed by atoms with Crippen LogP contribution in [-0.4, -0.2) is 9.97 Å². The highest BCUT2D eigenvalue weighted by Gasteiger charge is 2.32. The molecule has 1 aromatic heterocycles. The Hall–Kier alpha value is -0.790. The van der Waals surface area contributed by atoms with E-state index in [1.54, 1.807) is 0 Å². The van der Waals surface area contributed by atoms with Crippen molar-refractivity contribution in [2.45, 2.75) is 91.4 Å². The van der Waals surface area contributed by atoms with Gasteiger partial charge in [0.1, 0.15) is 5.82 Å². The summed E-state index contributed by atoms with van der Waals surface area (Å²) in [6.07, 6.45) is 3.38. The van der Waals surface area contributed by atoms with Gasteiger partial charge in [0, 0.05) is 16.5 Å². The number of nitrogens with zero attached hydrogens (tertiary/aromatic N) is 1. The van der Waals surface area contributed by atoms with Gasteiger partial charge >= 0.3 is 0 Å². The molecule has 0 aromatic carbocycles. The van der Waals surface area contributed by atoms with Crippen LogP contribution in [0.15, 0.2) is 0 Å². The van der Waals surface area contributed by atoms with Gasteiger partial charge in [-0.25, -0.2) is 4.98 Å². The summed E-state index contributed by atoms with van der Waals surface area (Å²) in [7, 11) is 0. The largest absolute Gasteiger partial charge is 0.345 e. The SMILES string of the molecule is CCC(C)(C)c1[nH]c(C(C)(CC)CC)nc1C(C)C. The molecule has 0 atom stereocenters. The molecular weight excluding hydrogens is 232 g/mol. The topological polar surface area (TPSA) is 28.7 Å². The third kappa shape index (κ3) is 3.04. The molecule has 0 saturated heterocycles. The van der Waals surface area contributed by atoms with E-state index < -0.39 is 0 Å². The first-order valence-corrected chi connectivity index (χ1v) is 7.82. The number of nitrogens with one attached hydrogen (secondary N) is 1. The maximum atomic E-state index is 4.98. The molecule has 110 valence electrons. The number of hydrogen-bond acceptors (Lipinski definition) is 1. The predicted molar refractivity (Wildman–Crippen MR) is 83.9 cm³/mol. The van der Waals surface area contributed by atoms with Gasteiger partial charge in [0.15, 0.2) is 0 Å². The lowest BCUT2D eigenvalue weighted by Crippen LogP contribution is -2.22. The molecule has 0 aliphatic rings. The van der Waals surface area contributed by atoms with Gasteiger partial charge in [-0.1, -0.05) is 55.4 Å². The van der Waals surface area contributed by atoms with E-state index in [9.17, 15) is 0 Å². The van der Waals surface area contributed by atoms with E-state index in [-0.39, 0.29) is 10.8 Å². The molecule has 1 rings (SSSR count). The summed E-state index contributed by atoms with van der Waals surface area (Å²) in [5.41, 5.74) is 2.95. The van der Waals surface area contributed by atoms with Gasteiger partial charge in [0.2, 0.25) is 0 Å². The fourth-order valence-corrected chi connectivity index (χ4v) is 2.37. The number of H-pyrrole nitrogens is 1. The number of aromatic amines is 1. The van der Waals surface area contributed by atoms with Crippen LogP contribution >= 0.6 is 0 Å². The highest BCUT2D eigenvalue weighted by molar-refractivity contribution is 5.28. The summed E-state index contributed by atoms with van der Waals surface area (Å²) in [5.74, 6) is 1.65. The summed E-state index contributed by atoms with van der Waals surface area (Å²) in [5, 5.41) is 0. The number of imidazole rings is 1. The first-order valence-electron chi connectivity index (χ1n) is 7.82. The molecular formula is C17H32N2. The molecule has 0 aliphatic heterocycles. The van der Waals surface area contributed by atoms with Crippen molar-refractivity contribution in [2.75, 3.05) is 0 Å². The Morgan fingerprint density at radius 2 is 1.53 bits per heavy atom. The first kappa shape index (κ1) is 16.3. The van der Waals surface area contributed by atoms with Crippen LogP contribution in [-0.2, 0) is 10.8 Å². The van der Waals surface area contributed by atoms with Crippen LogP contribution in [0.4, 0.5) is 0 Å². The average Bonchev–Trinajstić information content (AvgIpc) is 2.84. The molecule has 2 nitrogen and oxygen atoms in total. The predicted octanol–water partition coefficient (Wildman–Crippen LogP) is 5.30. The summed E-state index contributed by atoms with van der Waals surface area (Å²) in [6.45, 7) is 18.2. The molecule has 0 fully saturated rings. The van der Waals surface area contributed by atoms with Crippen molar-refractivity contribution >= 4 is 0 Å². The van der Waals surface area contributed by atoms with Gasteiger partial charge in [0.05, 0.1) is 5.69 Å². The molecule has 0 bridgehead atoms. The quantitative estimate of drug-likeness (QED) is 0.742. The van der Waals surface area contributed by atoms with Gasteiger partial charge in [-0.2, -0.15) is 0 Å². The standard InChI is InChI=1S/C17H32N2/c1-9-16(6,7)14-13(12(4)5)18-15(19-14)17(8,10-2)11-3/h12H,9-11H2,1-8H3,(H,18,19). The highest BCUT2D eigenvalue weighted by Crippen LogP contribution is 2.36. The second-order valence-electron chi connectivity index (χ2n) is 7.01. The Morgan fingerprint density at radius 1 is 1.00 bits per heavy atom. The number of hydrogen-bond donors (Lipinski definition) is 1. The van der Waals surface area contributed by atoms with E-state index >= 15 is 0 Å². The molecule has 19 heavy (non-hydrogen) atoms. The van der Waals surface area contributed by atoms with Crippen molar-refractivity contribution < 1.29 is 0 Å². The van der Waals surface area contributed by atoms with Gasteiger partial charge in [-0.3, -0.25) is 0 Å². The molecule has 0 radical (unpaired) electrons. The van der Waals surface area contributed by atoms with Crippen LogP contribution in [0.1, 0.15) is 97.8 Å². The van der Waals surface area contributed by atoms with Gasteiger partial charge in [0.25, 0.3) is 0 Å². The summed E-state index contributed by atoms with van der Waals surface area (Å²) in [6, 6.07) is 0. The summed E-state index contributed by atoms with van der Waals surface area (Å²) < 4.78 is 0. The van der Waals surface area contributed by atoms with Crippen LogP contribution in [0.25, 0.3) is 0 Å². The Kier molecular flexibility index (Phi) is 4.86. The number of aromatic nitrogens is 2. The molecule has 0 spiro atoms. The van der Waals surface area contributed by atoms with E-state index in [0.29, 0.717) is 5.92 Å². The molecule has 0 amide bonds. The zero-order valence-corrected chi connectivity index (χ0v) is 14.1. The second kappa shape index (κ2) is 5.68. The highest BCUT2D eigenvalue weighted by atomic mass is 15.0. The van der Waals surface area contributed by atoms with Gasteiger partial charge in [-0.15, -0.1) is 0 Å². The Balaban J connectivity index is 3.38.